The molecule has 2 bridgehead atoms. The molecule has 24 heavy (non-hydrogen) atoms. The molecule has 1 aliphatic heterocycles. The Bertz CT molecular complexity index is 712. The van der Waals surface area contributed by atoms with Crippen molar-refractivity contribution in [2.24, 2.45) is 5.92 Å². The molecule has 1 saturated heterocycles. The van der Waals surface area contributed by atoms with Crippen LogP contribution < -0.4 is 0 Å². The average molecular weight is 355 g/mol. The molecule has 1 heterocycles. The Morgan fingerprint density at radius 2 is 1.92 bits per heavy atom. The molecule has 3 atom stereocenters. The Morgan fingerprint density at radius 1 is 1.21 bits per heavy atom. The monoisotopic (exact) mass is 355 g/mol. The molecule has 6 nitrogen and oxygen atoms in total. The fourth-order valence-corrected chi connectivity index (χ4v) is 5.18. The molecule has 0 amide bonds. The summed E-state index contributed by atoms with van der Waals surface area (Å²) in [5, 5.41) is 9.91. The van der Waals surface area contributed by atoms with Crippen molar-refractivity contribution in [2.45, 2.75) is 50.0 Å². The van der Waals surface area contributed by atoms with Crippen molar-refractivity contribution in [3.05, 3.63) is 29.3 Å². The van der Waals surface area contributed by atoms with Crippen LogP contribution in [0.15, 0.2) is 18.2 Å². The summed E-state index contributed by atoms with van der Waals surface area (Å²) < 4.78 is 31.6. The van der Waals surface area contributed by atoms with Gasteiger partial charge in [-0.2, -0.15) is 8.42 Å². The molecule has 4 rings (SSSR count). The number of nitrogens with zero attached hydrogens (tertiary/aromatic N) is 1. The standard InChI is InChI=1S/C17H23NO.H2O4S/c1-18-9-8-17-7-3-2-4-14(17)16(18)10-12-5-6-13(19)11-15(12)17;1-5(2,3)4/h5-6,11,14,16,19H,2-4,7-10H2,1H3;(H2,1,2,3,4)/t14-,16+,17+;/m1./s1. The maximum absolute atomic E-state index is 9.91. The fraction of sp³-hybridized carbons (Fsp3) is 0.647. The number of hydrogen-bond acceptors (Lipinski definition) is 4. The minimum Gasteiger partial charge on any atom is -0.508 e. The first-order valence-electron chi connectivity index (χ1n) is 8.43. The summed E-state index contributed by atoms with van der Waals surface area (Å²) in [6.07, 6.45) is 7.93. The van der Waals surface area contributed by atoms with Crippen LogP contribution in [0.2, 0.25) is 0 Å². The number of likely N-dealkylation sites (N-methyl/N-ethyl adjacent to an activating group) is 1. The number of piperidine rings is 1. The molecule has 1 aromatic carbocycles. The zero-order valence-electron chi connectivity index (χ0n) is 13.9. The summed E-state index contributed by atoms with van der Waals surface area (Å²) in [6.45, 7) is 1.22. The molecule has 2 fully saturated rings. The third-order valence-corrected chi connectivity index (χ3v) is 6.10. The van der Waals surface area contributed by atoms with Crippen LogP contribution in [0.3, 0.4) is 0 Å². The Kier molecular flexibility index (Phi) is 4.63. The van der Waals surface area contributed by atoms with E-state index >= 15 is 0 Å². The van der Waals surface area contributed by atoms with Crippen molar-refractivity contribution in [2.75, 3.05) is 13.6 Å². The number of aromatic hydroxyl groups is 1. The van der Waals surface area contributed by atoms with Crippen molar-refractivity contribution >= 4 is 10.4 Å². The third-order valence-electron chi connectivity index (χ3n) is 6.10. The molecule has 3 N–H and O–H groups in total. The number of phenolic OH excluding ortho intramolecular Hbond substituents is 1. The van der Waals surface area contributed by atoms with E-state index in [0.717, 1.165) is 12.0 Å². The van der Waals surface area contributed by atoms with Gasteiger partial charge in [-0.1, -0.05) is 18.9 Å². The van der Waals surface area contributed by atoms with Crippen LogP contribution in [0.4, 0.5) is 0 Å². The molecule has 7 heteroatoms. The number of hydrogen-bond donors (Lipinski definition) is 3. The first-order chi connectivity index (χ1) is 11.2. The highest BCUT2D eigenvalue weighted by molar-refractivity contribution is 7.79. The van der Waals surface area contributed by atoms with Crippen LogP contribution in [0.5, 0.6) is 5.75 Å². The van der Waals surface area contributed by atoms with Gasteiger partial charge >= 0.3 is 10.4 Å². The van der Waals surface area contributed by atoms with E-state index in [0.29, 0.717) is 11.2 Å². The van der Waals surface area contributed by atoms with Crippen molar-refractivity contribution in [3.8, 4) is 5.75 Å². The molecule has 2 aliphatic carbocycles. The summed E-state index contributed by atoms with van der Waals surface area (Å²) >= 11 is 0. The molecule has 3 aliphatic rings. The minimum atomic E-state index is -4.67. The Morgan fingerprint density at radius 3 is 2.62 bits per heavy atom. The highest BCUT2D eigenvalue weighted by atomic mass is 32.3. The topological polar surface area (TPSA) is 98.1 Å². The maximum Gasteiger partial charge on any atom is 0.394 e. The van der Waals surface area contributed by atoms with E-state index in [-0.39, 0.29) is 0 Å². The van der Waals surface area contributed by atoms with E-state index in [2.05, 4.69) is 24.1 Å². The quantitative estimate of drug-likeness (QED) is 0.618. The first-order valence-corrected chi connectivity index (χ1v) is 9.83. The molecule has 0 unspecified atom stereocenters. The van der Waals surface area contributed by atoms with Gasteiger partial charge in [0.05, 0.1) is 0 Å². The van der Waals surface area contributed by atoms with E-state index in [1.807, 2.05) is 6.07 Å². The Balaban J connectivity index is 0.000000300. The lowest BCUT2D eigenvalue weighted by Gasteiger charge is -2.58. The van der Waals surface area contributed by atoms with Gasteiger partial charge in [0.15, 0.2) is 0 Å². The van der Waals surface area contributed by atoms with Gasteiger partial charge in [-0.05, 0) is 68.5 Å². The number of likely N-dealkylation sites (tertiary alicyclic amines) is 1. The third kappa shape index (κ3) is 3.31. The normalized spacial score (nSPS) is 32.1. The van der Waals surface area contributed by atoms with E-state index in [9.17, 15) is 5.11 Å². The van der Waals surface area contributed by atoms with Crippen molar-refractivity contribution in [3.63, 3.8) is 0 Å². The molecule has 1 saturated carbocycles. The second-order valence-electron chi connectivity index (χ2n) is 7.30. The van der Waals surface area contributed by atoms with Crippen LogP contribution in [0.25, 0.3) is 0 Å². The van der Waals surface area contributed by atoms with Gasteiger partial charge in [0, 0.05) is 11.5 Å². The lowest BCUT2D eigenvalue weighted by molar-refractivity contribution is 0.00274. The number of benzene rings is 1. The average Bonchev–Trinajstić information content (AvgIpc) is 2.50. The van der Waals surface area contributed by atoms with Gasteiger partial charge in [-0.15, -0.1) is 0 Å². The van der Waals surface area contributed by atoms with Gasteiger partial charge in [-0.25, -0.2) is 0 Å². The van der Waals surface area contributed by atoms with E-state index in [1.54, 1.807) is 0 Å². The van der Waals surface area contributed by atoms with Crippen LogP contribution in [0, 0.1) is 5.92 Å². The molecule has 1 aromatic rings. The van der Waals surface area contributed by atoms with Gasteiger partial charge in [0.1, 0.15) is 5.75 Å². The zero-order chi connectivity index (χ0) is 17.5. The van der Waals surface area contributed by atoms with Crippen LogP contribution in [-0.2, 0) is 22.2 Å². The largest absolute Gasteiger partial charge is 0.508 e. The smallest absolute Gasteiger partial charge is 0.394 e. The van der Waals surface area contributed by atoms with E-state index in [1.165, 1.54) is 56.2 Å². The van der Waals surface area contributed by atoms with E-state index in [4.69, 9.17) is 17.5 Å². The Labute approximate surface area is 143 Å². The van der Waals surface area contributed by atoms with Crippen LogP contribution >= 0.6 is 0 Å². The predicted molar refractivity (Wildman–Crippen MR) is 90.7 cm³/mol. The predicted octanol–water partition coefficient (Wildman–Crippen LogP) is 2.43. The molecule has 0 aromatic heterocycles. The molecular formula is C17H25NO5S. The molecule has 0 spiro atoms. The Hall–Kier alpha value is -1.15. The molecule has 0 radical (unpaired) electrons. The fourth-order valence-electron chi connectivity index (χ4n) is 5.18. The van der Waals surface area contributed by atoms with Crippen molar-refractivity contribution in [1.29, 1.82) is 0 Å². The van der Waals surface area contributed by atoms with Crippen molar-refractivity contribution in [1.82, 2.24) is 4.90 Å². The number of rotatable bonds is 0. The maximum atomic E-state index is 9.91. The molecular weight excluding hydrogens is 330 g/mol. The van der Waals surface area contributed by atoms with Gasteiger partial charge in [0.2, 0.25) is 0 Å². The van der Waals surface area contributed by atoms with Crippen LogP contribution in [-0.4, -0.2) is 47.2 Å². The highest BCUT2D eigenvalue weighted by Gasteiger charge is 2.52. The summed E-state index contributed by atoms with van der Waals surface area (Å²) in [6, 6.07) is 6.85. The highest BCUT2D eigenvalue weighted by Crippen LogP contribution is 2.55. The van der Waals surface area contributed by atoms with Gasteiger partial charge in [0.25, 0.3) is 0 Å². The van der Waals surface area contributed by atoms with Gasteiger partial charge < -0.3 is 10.0 Å². The second-order valence-corrected chi connectivity index (χ2v) is 8.20. The first kappa shape index (κ1) is 17.7. The lowest BCUT2D eigenvalue weighted by atomic mass is 9.52. The number of phenols is 1. The van der Waals surface area contributed by atoms with Crippen molar-refractivity contribution < 1.29 is 22.6 Å². The SMILES string of the molecule is CN1CC[C@@]23CCCC[C@@H]2[C@@H]1Cc1ccc(O)cc13.O=S(=O)(O)O. The number of fused-ring (bicyclic) bond motifs is 1. The van der Waals surface area contributed by atoms with Crippen LogP contribution in [0.1, 0.15) is 43.2 Å². The summed E-state index contributed by atoms with van der Waals surface area (Å²) in [4.78, 5) is 2.59. The van der Waals surface area contributed by atoms with E-state index < -0.39 is 10.4 Å². The summed E-state index contributed by atoms with van der Waals surface area (Å²) in [5.41, 5.74) is 3.36. The second kappa shape index (κ2) is 6.29. The molecule has 134 valence electrons. The van der Waals surface area contributed by atoms with Gasteiger partial charge in [-0.3, -0.25) is 9.11 Å². The lowest BCUT2D eigenvalue weighted by Crippen LogP contribution is -2.59. The minimum absolute atomic E-state index is 0.377. The summed E-state index contributed by atoms with van der Waals surface area (Å²) in [7, 11) is -2.37. The summed E-state index contributed by atoms with van der Waals surface area (Å²) in [5.74, 6) is 1.27. The zero-order valence-corrected chi connectivity index (χ0v) is 14.7.